The van der Waals surface area contributed by atoms with Crippen molar-refractivity contribution in [1.82, 2.24) is 24.8 Å². The zero-order valence-corrected chi connectivity index (χ0v) is 25.4. The second-order valence-corrected chi connectivity index (χ2v) is 12.0. The van der Waals surface area contributed by atoms with Crippen LogP contribution in [0.3, 0.4) is 0 Å². The van der Waals surface area contributed by atoms with Crippen LogP contribution in [0.4, 0.5) is 10.7 Å². The van der Waals surface area contributed by atoms with Gasteiger partial charge in [-0.05, 0) is 81.8 Å². The maximum Gasteiger partial charge on any atom is 0.410 e. The van der Waals surface area contributed by atoms with Crippen molar-refractivity contribution in [2.75, 3.05) is 18.4 Å². The number of nitrogens with zero attached hydrogens (tertiary/aromatic N) is 5. The molecule has 0 radical (unpaired) electrons. The molecule has 0 unspecified atom stereocenters. The van der Waals surface area contributed by atoms with E-state index in [1.54, 1.807) is 23.5 Å². The third kappa shape index (κ3) is 6.46. The van der Waals surface area contributed by atoms with Crippen LogP contribution >= 0.6 is 0 Å². The van der Waals surface area contributed by atoms with E-state index >= 15 is 0 Å². The topological polar surface area (TPSA) is 102 Å². The van der Waals surface area contributed by atoms with Gasteiger partial charge in [-0.15, -0.1) is 0 Å². The third-order valence-corrected chi connectivity index (χ3v) is 7.46. The molecule has 4 heterocycles. The molecule has 1 aliphatic heterocycles. The lowest BCUT2D eigenvalue weighted by molar-refractivity contribution is 0.0206. The van der Waals surface area contributed by atoms with E-state index in [1.807, 2.05) is 70.2 Å². The van der Waals surface area contributed by atoms with Crippen LogP contribution in [0.25, 0.3) is 33.3 Å². The number of ether oxygens (including phenoxy) is 2. The highest BCUT2D eigenvalue weighted by Crippen LogP contribution is 2.39. The second kappa shape index (κ2) is 12.3. The van der Waals surface area contributed by atoms with Gasteiger partial charge >= 0.3 is 6.09 Å². The molecule has 9 heteroatoms. The number of aryl methyl sites for hydroxylation is 1. The Morgan fingerprint density at radius 1 is 0.864 bits per heavy atom. The van der Waals surface area contributed by atoms with Crippen molar-refractivity contribution in [3.8, 4) is 34.1 Å². The number of fused-ring (bicyclic) bond motifs is 1. The number of hydrogen-bond acceptors (Lipinski definition) is 8. The Bertz CT molecular complexity index is 1790. The average molecular weight is 589 g/mol. The quantitative estimate of drug-likeness (QED) is 0.216. The first-order valence-electron chi connectivity index (χ1n) is 14.9. The molecule has 0 saturated carbocycles. The normalized spacial score (nSPS) is 15.2. The van der Waals surface area contributed by atoms with Crippen molar-refractivity contribution >= 4 is 22.8 Å². The van der Waals surface area contributed by atoms with Crippen LogP contribution < -0.4 is 10.1 Å². The number of amides is 1. The lowest BCUT2D eigenvalue weighted by Crippen LogP contribution is -2.47. The minimum atomic E-state index is -0.537. The summed E-state index contributed by atoms with van der Waals surface area (Å²) in [6.45, 7) is 8.85. The van der Waals surface area contributed by atoms with Crippen LogP contribution in [0.2, 0.25) is 0 Å². The first-order chi connectivity index (χ1) is 21.2. The van der Waals surface area contributed by atoms with Gasteiger partial charge in [-0.25, -0.2) is 19.7 Å². The fourth-order valence-electron chi connectivity index (χ4n) is 5.43. The number of anilines is 1. The SMILES string of the molecule is Cc1ccc2c(-c3ccccn3)cccc2c1Oc1ncccc1-c1ccnc(N[C@H]2CCCN(C(=O)OC(C)(C)C)C2)n1. The van der Waals surface area contributed by atoms with E-state index in [0.29, 0.717) is 30.6 Å². The first-order valence-corrected chi connectivity index (χ1v) is 14.9. The number of aromatic nitrogens is 4. The highest BCUT2D eigenvalue weighted by Gasteiger charge is 2.28. The Balaban J connectivity index is 1.26. The Hall–Kier alpha value is -5.05. The van der Waals surface area contributed by atoms with E-state index < -0.39 is 5.60 Å². The zero-order valence-electron chi connectivity index (χ0n) is 25.4. The summed E-state index contributed by atoms with van der Waals surface area (Å²) in [7, 11) is 0. The minimum absolute atomic E-state index is 0.00256. The predicted octanol–water partition coefficient (Wildman–Crippen LogP) is 7.67. The number of rotatable bonds is 6. The fourth-order valence-corrected chi connectivity index (χ4v) is 5.43. The Morgan fingerprint density at radius 2 is 1.70 bits per heavy atom. The number of pyridine rings is 2. The summed E-state index contributed by atoms with van der Waals surface area (Å²) >= 11 is 0. The van der Waals surface area contributed by atoms with Gasteiger partial charge in [-0.1, -0.05) is 36.4 Å². The van der Waals surface area contributed by atoms with Crippen molar-refractivity contribution in [2.24, 2.45) is 0 Å². The molecule has 0 bridgehead atoms. The van der Waals surface area contributed by atoms with E-state index in [2.05, 4.69) is 44.5 Å². The van der Waals surface area contributed by atoms with Gasteiger partial charge in [0.15, 0.2) is 0 Å². The largest absolute Gasteiger partial charge is 0.444 e. The number of hydrogen-bond donors (Lipinski definition) is 1. The van der Waals surface area contributed by atoms with Crippen LogP contribution in [0.5, 0.6) is 11.6 Å². The van der Waals surface area contributed by atoms with Gasteiger partial charge in [0, 0.05) is 48.7 Å². The van der Waals surface area contributed by atoms with Gasteiger partial charge in [0.2, 0.25) is 11.8 Å². The molecule has 1 N–H and O–H groups in total. The van der Waals surface area contributed by atoms with Crippen molar-refractivity contribution in [2.45, 2.75) is 52.2 Å². The van der Waals surface area contributed by atoms with E-state index in [0.717, 1.165) is 51.7 Å². The first kappa shape index (κ1) is 29.0. The van der Waals surface area contributed by atoms with Gasteiger partial charge in [-0.3, -0.25) is 4.98 Å². The minimum Gasteiger partial charge on any atom is -0.444 e. The molecule has 6 rings (SSSR count). The van der Waals surface area contributed by atoms with E-state index in [1.165, 1.54) is 0 Å². The van der Waals surface area contributed by atoms with Crippen LogP contribution in [-0.2, 0) is 4.74 Å². The van der Waals surface area contributed by atoms with Crippen LogP contribution in [0.15, 0.2) is 85.3 Å². The number of nitrogens with one attached hydrogen (secondary N) is 1. The smallest absolute Gasteiger partial charge is 0.410 e. The molecule has 1 aliphatic rings. The number of piperidine rings is 1. The molecule has 1 amide bonds. The Kier molecular flexibility index (Phi) is 8.11. The maximum absolute atomic E-state index is 12.7. The lowest BCUT2D eigenvalue weighted by Gasteiger charge is -2.34. The van der Waals surface area contributed by atoms with Crippen LogP contribution in [0.1, 0.15) is 39.2 Å². The van der Waals surface area contributed by atoms with E-state index in [4.69, 9.17) is 14.5 Å². The molecule has 0 spiro atoms. The van der Waals surface area contributed by atoms with Crippen molar-refractivity contribution < 1.29 is 14.3 Å². The molecule has 224 valence electrons. The van der Waals surface area contributed by atoms with Crippen molar-refractivity contribution in [3.63, 3.8) is 0 Å². The fraction of sp³-hybridized carbons (Fsp3) is 0.286. The third-order valence-electron chi connectivity index (χ3n) is 7.46. The zero-order chi connectivity index (χ0) is 30.7. The predicted molar refractivity (Wildman–Crippen MR) is 172 cm³/mol. The summed E-state index contributed by atoms with van der Waals surface area (Å²) < 4.78 is 12.2. The van der Waals surface area contributed by atoms with E-state index in [-0.39, 0.29) is 12.1 Å². The summed E-state index contributed by atoms with van der Waals surface area (Å²) in [5.41, 5.74) is 3.81. The van der Waals surface area contributed by atoms with Crippen molar-refractivity contribution in [3.05, 3.63) is 90.9 Å². The van der Waals surface area contributed by atoms with Gasteiger partial charge in [-0.2, -0.15) is 0 Å². The van der Waals surface area contributed by atoms with Gasteiger partial charge in [0.05, 0.1) is 17.0 Å². The monoisotopic (exact) mass is 588 g/mol. The molecule has 9 nitrogen and oxygen atoms in total. The summed E-state index contributed by atoms with van der Waals surface area (Å²) in [6.07, 6.45) is 6.70. The van der Waals surface area contributed by atoms with Gasteiger partial charge in [0.25, 0.3) is 0 Å². The molecule has 5 aromatic rings. The Labute approximate surface area is 257 Å². The molecular formula is C35H36N6O3. The van der Waals surface area contributed by atoms with E-state index in [9.17, 15) is 4.79 Å². The molecule has 3 aromatic heterocycles. The molecule has 0 aliphatic carbocycles. The molecule has 44 heavy (non-hydrogen) atoms. The molecular weight excluding hydrogens is 552 g/mol. The second-order valence-electron chi connectivity index (χ2n) is 12.0. The lowest BCUT2D eigenvalue weighted by atomic mass is 9.99. The summed E-state index contributed by atoms with van der Waals surface area (Å²) in [5, 5.41) is 5.44. The summed E-state index contributed by atoms with van der Waals surface area (Å²) in [6, 6.07) is 21.9. The molecule has 1 fully saturated rings. The standard InChI is InChI=1S/C35H36N6O3/c1-23-15-16-25-26(29-14-5-6-18-36-29)11-7-12-27(25)31(23)43-32-28(13-8-19-37-32)30-17-20-38-33(40-30)39-24-10-9-21-41(22-24)34(42)44-35(2,3)4/h5-8,11-20,24H,9-10,21-22H2,1-4H3,(H,38,39,40)/t24-/m0/s1. The molecule has 2 aromatic carbocycles. The highest BCUT2D eigenvalue weighted by molar-refractivity contribution is 6.00. The number of benzene rings is 2. The van der Waals surface area contributed by atoms with Crippen molar-refractivity contribution in [1.29, 1.82) is 0 Å². The average Bonchev–Trinajstić information content (AvgIpc) is 3.02. The number of carbonyl (C=O) groups is 1. The van der Waals surface area contributed by atoms with Crippen LogP contribution in [-0.4, -0.2) is 55.7 Å². The van der Waals surface area contributed by atoms with Gasteiger partial charge < -0.3 is 19.7 Å². The highest BCUT2D eigenvalue weighted by atomic mass is 16.6. The summed E-state index contributed by atoms with van der Waals surface area (Å²) in [5.74, 6) is 1.66. The number of likely N-dealkylation sites (tertiary alicyclic amines) is 1. The Morgan fingerprint density at radius 3 is 2.52 bits per heavy atom. The summed E-state index contributed by atoms with van der Waals surface area (Å²) in [4.78, 5) is 32.9. The maximum atomic E-state index is 12.7. The molecule has 1 atom stereocenters. The van der Waals surface area contributed by atoms with Gasteiger partial charge in [0.1, 0.15) is 11.4 Å². The number of carbonyl (C=O) groups excluding carboxylic acids is 1. The van der Waals surface area contributed by atoms with Crippen LogP contribution in [0, 0.1) is 6.92 Å². The molecule has 1 saturated heterocycles.